The van der Waals surface area contributed by atoms with E-state index in [-0.39, 0.29) is 54.9 Å². The molecule has 0 aliphatic carbocycles. The van der Waals surface area contributed by atoms with Crippen LogP contribution in [0.2, 0.25) is 0 Å². The van der Waals surface area contributed by atoms with Crippen molar-refractivity contribution in [2.45, 2.75) is 157 Å². The highest BCUT2D eigenvalue weighted by atomic mass is 36.0. The number of carbonyl (C=O) groups excluding carboxylic acids is 7. The molecule has 3 atom stereocenters. The maximum Gasteiger partial charge on any atom is 0.408 e. The van der Waals surface area contributed by atoms with Gasteiger partial charge in [0.2, 0.25) is 26.9 Å². The molecule has 23 heteroatoms. The number of alkyl carbamates (subject to hydrolysis) is 1. The number of carbonyl (C=O) groups is 8. The molecule has 10 N–H and O–H groups in total. The number of aliphatic hydroxyl groups is 1. The molecule has 0 aliphatic rings. The lowest BCUT2D eigenvalue weighted by atomic mass is 9.94. The number of aryl methyl sites for hydroxylation is 1. The van der Waals surface area contributed by atoms with E-state index in [1.807, 2.05) is 24.3 Å². The Balaban J connectivity index is -0.000000434. The van der Waals surface area contributed by atoms with Gasteiger partial charge in [-0.25, -0.2) is 13.8 Å². The largest absolute Gasteiger partial charge is 0.480 e. The summed E-state index contributed by atoms with van der Waals surface area (Å²) >= 11 is 0. The number of ether oxygens (including phenoxy) is 3. The van der Waals surface area contributed by atoms with E-state index in [0.717, 1.165) is 31.2 Å². The number of nitrogens with one attached hydrogen (secondary N) is 4. The minimum Gasteiger partial charge on any atom is -0.480 e. The lowest BCUT2D eigenvalue weighted by Gasteiger charge is -2.22. The first-order valence-corrected chi connectivity index (χ1v) is 25.3. The Bertz CT molecular complexity index is 1600. The standard InChI is InChI=1S/C20H30N2O4.C13H24N2O5.C10H20N2O3.C2H6O.Cl2OS/c1-3-26-20(25)17(6-4-5-13-22-15(2)23)14-19(24)12-9-16-7-10-18(21)11-8-16;1-9(16)14-8-6-5-7-10(11(17)18)15-12(19)20-13(2,3)4;1-3-15-10(14)9(11)6-4-5-7-12-8(2)13;1-2-3;1-4(2)3/h7-8,10-11,17H,3-6,9,12-14,21H2,1-2H3,(H,22,23);10H,5-8H2,1-4H3,(H,14,16)(H,15,19)(H,17,18);9H,3-7,11H2,1-2H3,(H,12,13);3H,2H2,1H3;/t17-;10-;9-;;/m011../s1. The van der Waals surface area contributed by atoms with Crippen LogP contribution in [0.1, 0.15) is 139 Å². The number of aliphatic carboxylic acids is 1. The molecular weight excluding hydrogens is 951 g/mol. The van der Waals surface area contributed by atoms with Crippen molar-refractivity contribution < 1.29 is 67.0 Å². The molecule has 0 radical (unpaired) electrons. The number of halogens is 2. The average Bonchev–Trinajstić information content (AvgIpc) is 3.22. The van der Waals surface area contributed by atoms with Gasteiger partial charge in [-0.15, -0.1) is 0 Å². The van der Waals surface area contributed by atoms with Crippen LogP contribution in [-0.2, 0) is 63.4 Å². The summed E-state index contributed by atoms with van der Waals surface area (Å²) in [6.45, 7) is 17.3. The second-order valence-electron chi connectivity index (χ2n) is 15.8. The van der Waals surface area contributed by atoms with Crippen LogP contribution in [-0.4, -0.2) is 119 Å². The molecule has 394 valence electrons. The van der Waals surface area contributed by atoms with Gasteiger partial charge < -0.3 is 57.2 Å². The fraction of sp³-hybridized carbons (Fsp3) is 0.689. The van der Waals surface area contributed by atoms with Crippen LogP contribution in [0.25, 0.3) is 0 Å². The summed E-state index contributed by atoms with van der Waals surface area (Å²) in [6.07, 6.45) is 6.35. The summed E-state index contributed by atoms with van der Waals surface area (Å²) in [7, 11) is 7.36. The second kappa shape index (κ2) is 44.9. The lowest BCUT2D eigenvalue weighted by Crippen LogP contribution is -2.43. The van der Waals surface area contributed by atoms with Crippen LogP contribution in [0.5, 0.6) is 0 Å². The van der Waals surface area contributed by atoms with Crippen LogP contribution in [0.15, 0.2) is 24.3 Å². The number of ketones is 1. The van der Waals surface area contributed by atoms with Gasteiger partial charge in [-0.3, -0.25) is 28.8 Å². The smallest absolute Gasteiger partial charge is 0.408 e. The summed E-state index contributed by atoms with van der Waals surface area (Å²) in [5.41, 5.74) is 12.3. The van der Waals surface area contributed by atoms with Crippen molar-refractivity contribution in [3.8, 4) is 0 Å². The number of nitrogens with two attached hydrogens (primary N) is 2. The van der Waals surface area contributed by atoms with E-state index in [4.69, 9.17) is 40.1 Å². The van der Waals surface area contributed by atoms with Crippen LogP contribution < -0.4 is 32.7 Å². The summed E-state index contributed by atoms with van der Waals surface area (Å²) in [5.74, 6) is -2.34. The summed E-state index contributed by atoms with van der Waals surface area (Å²) < 4.78 is 24.0. The van der Waals surface area contributed by atoms with Gasteiger partial charge in [0.05, 0.1) is 19.1 Å². The molecule has 0 saturated carbocycles. The van der Waals surface area contributed by atoms with Crippen molar-refractivity contribution in [1.29, 1.82) is 0 Å². The molecule has 0 aliphatic heterocycles. The van der Waals surface area contributed by atoms with E-state index in [1.54, 1.807) is 41.5 Å². The minimum atomic E-state index is -1.67. The molecule has 1 aromatic rings. The monoisotopic (exact) mass is 1030 g/mol. The molecule has 0 heterocycles. The predicted molar refractivity (Wildman–Crippen MR) is 265 cm³/mol. The Hall–Kier alpha value is -4.57. The number of carboxylic acid groups (broad SMARTS) is 1. The third-order valence-corrected chi connectivity index (χ3v) is 8.31. The zero-order valence-corrected chi connectivity index (χ0v) is 43.7. The number of unbranched alkanes of at least 4 members (excludes halogenated alkanes) is 3. The van der Waals surface area contributed by atoms with Gasteiger partial charge in [-0.05, 0) is 117 Å². The van der Waals surface area contributed by atoms with Gasteiger partial charge >= 0.3 is 24.0 Å². The number of nitrogen functional groups attached to an aromatic ring is 1. The zero-order chi connectivity index (χ0) is 53.1. The summed E-state index contributed by atoms with van der Waals surface area (Å²) in [4.78, 5) is 90.0. The maximum absolute atomic E-state index is 12.3. The van der Waals surface area contributed by atoms with Gasteiger partial charge in [-0.1, -0.05) is 18.6 Å². The first kappa shape index (κ1) is 70.0. The Kier molecular flexibility index (Phi) is 46.2. The van der Waals surface area contributed by atoms with Crippen molar-refractivity contribution in [2.24, 2.45) is 11.7 Å². The third-order valence-electron chi connectivity index (χ3n) is 8.31. The van der Waals surface area contributed by atoms with Crippen molar-refractivity contribution in [3.63, 3.8) is 0 Å². The average molecular weight is 1030 g/mol. The molecule has 0 spiro atoms. The summed E-state index contributed by atoms with van der Waals surface area (Å²) in [5, 5.41) is 26.9. The number of amides is 4. The predicted octanol–water partition coefficient (Wildman–Crippen LogP) is 5.14. The van der Waals surface area contributed by atoms with Crippen LogP contribution in [0.4, 0.5) is 10.5 Å². The van der Waals surface area contributed by atoms with Crippen molar-refractivity contribution in [3.05, 3.63) is 29.8 Å². The Morgan fingerprint density at radius 1 is 0.721 bits per heavy atom. The molecule has 0 fully saturated rings. The summed E-state index contributed by atoms with van der Waals surface area (Å²) in [6, 6.07) is 5.93. The number of rotatable bonds is 26. The van der Waals surface area contributed by atoms with Gasteiger partial charge in [-0.2, -0.15) is 0 Å². The number of hydrogen-bond acceptors (Lipinski definition) is 15. The SMILES string of the molecule is CC(=O)NCCCC[C@@H](NC(=O)OC(C)(C)C)C(=O)O.CCO.CCOC(=O)[C@@H](CCCCNC(C)=O)CC(=O)CCc1ccc(N)cc1.CCOC(=O)[C@H](N)CCCCNC(C)=O.O=S(Cl)Cl. The van der Waals surface area contributed by atoms with Gasteiger partial charge in [0, 0.05) is 86.9 Å². The Morgan fingerprint density at radius 2 is 1.13 bits per heavy atom. The van der Waals surface area contributed by atoms with Crippen LogP contribution >= 0.6 is 21.4 Å². The molecule has 1 rings (SSSR count). The first-order valence-electron chi connectivity index (χ1n) is 22.5. The Labute approximate surface area is 414 Å². The van der Waals surface area contributed by atoms with Crippen molar-refractivity contribution in [1.82, 2.24) is 21.3 Å². The number of hydrogen-bond donors (Lipinski definition) is 8. The van der Waals surface area contributed by atoms with Crippen LogP contribution in [0, 0.1) is 5.92 Å². The fourth-order valence-corrected chi connectivity index (χ4v) is 5.25. The molecule has 0 unspecified atom stereocenters. The van der Waals surface area contributed by atoms with Gasteiger partial charge in [0.25, 0.3) is 0 Å². The Morgan fingerprint density at radius 3 is 1.53 bits per heavy atom. The van der Waals surface area contributed by atoms with E-state index >= 15 is 0 Å². The van der Waals surface area contributed by atoms with Gasteiger partial charge in [0.15, 0.2) is 0 Å². The molecule has 0 bridgehead atoms. The highest BCUT2D eigenvalue weighted by molar-refractivity contribution is 8.26. The molecule has 4 amide bonds. The number of benzene rings is 1. The highest BCUT2D eigenvalue weighted by Gasteiger charge is 2.24. The third kappa shape index (κ3) is 52.4. The van der Waals surface area contributed by atoms with E-state index in [0.29, 0.717) is 77.1 Å². The van der Waals surface area contributed by atoms with Crippen molar-refractivity contribution in [2.75, 3.05) is 45.2 Å². The molecule has 0 saturated heterocycles. The normalized spacial score (nSPS) is 11.5. The number of anilines is 1. The zero-order valence-electron chi connectivity index (χ0n) is 41.4. The minimum absolute atomic E-state index is 0.0373. The molecule has 0 aromatic heterocycles. The second-order valence-corrected chi connectivity index (χ2v) is 18.3. The molecule has 68 heavy (non-hydrogen) atoms. The fourth-order valence-electron chi connectivity index (χ4n) is 5.25. The quantitative estimate of drug-likeness (QED) is 0.0196. The first-order chi connectivity index (χ1) is 31.8. The van der Waals surface area contributed by atoms with E-state index in [9.17, 15) is 38.4 Å². The number of carboxylic acids is 1. The maximum atomic E-state index is 12.3. The molecule has 20 nitrogen and oxygen atoms in total. The van der Waals surface area contributed by atoms with E-state index in [1.165, 1.54) is 20.8 Å². The topological polar surface area (TPSA) is 322 Å². The number of esters is 2. The molecular formula is C45H80Cl2N6O14S. The highest BCUT2D eigenvalue weighted by Crippen LogP contribution is 2.18. The molecule has 1 aromatic carbocycles. The number of Topliss-reactive ketones (excluding diaryl/α,β-unsaturated/α-hetero) is 1. The number of aliphatic hydroxyl groups excluding tert-OH is 1. The van der Waals surface area contributed by atoms with Crippen molar-refractivity contribution >= 4 is 83.8 Å². The van der Waals surface area contributed by atoms with Gasteiger partial charge in [0.1, 0.15) is 23.5 Å². The van der Waals surface area contributed by atoms with Crippen LogP contribution in [0.3, 0.4) is 0 Å². The van der Waals surface area contributed by atoms with E-state index < -0.39 is 44.9 Å². The van der Waals surface area contributed by atoms with E-state index in [2.05, 4.69) is 42.6 Å². The lowest BCUT2D eigenvalue weighted by molar-refractivity contribution is -0.150.